The molecule has 0 radical (unpaired) electrons. The van der Waals surface area contributed by atoms with E-state index < -0.39 is 14.0 Å². The fraction of sp³-hybridized carbons (Fsp3) is 0.600. The van der Waals surface area contributed by atoms with Crippen molar-refractivity contribution in [2.24, 2.45) is 11.1 Å². The Bertz CT molecular complexity index is 874. The number of ether oxygens (including phenoxy) is 2. The number of hydrogen-bond acceptors (Lipinski definition) is 4. The molecule has 1 aromatic carbocycles. The van der Waals surface area contributed by atoms with Crippen molar-refractivity contribution in [1.82, 2.24) is 5.32 Å². The van der Waals surface area contributed by atoms with Crippen molar-refractivity contribution in [3.63, 3.8) is 0 Å². The minimum atomic E-state index is -1.96. The predicted molar refractivity (Wildman–Crippen MR) is 135 cm³/mol. The highest BCUT2D eigenvalue weighted by atomic mass is 32.2. The van der Waals surface area contributed by atoms with Gasteiger partial charge in [-0.15, -0.1) is 0 Å². The van der Waals surface area contributed by atoms with E-state index in [1.807, 2.05) is 31.2 Å². The molecular weight excluding hydrogens is 424 g/mol. The van der Waals surface area contributed by atoms with Crippen LogP contribution >= 0.6 is 9.21 Å². The molecule has 1 atom stereocenters. The molecule has 1 saturated heterocycles. The molecule has 1 unspecified atom stereocenters. The first kappa shape index (κ1) is 26.3. The lowest BCUT2D eigenvalue weighted by Gasteiger charge is -2.41. The van der Waals surface area contributed by atoms with E-state index in [1.165, 1.54) is 0 Å². The average Bonchev–Trinajstić information content (AvgIpc) is 2.79. The second kappa shape index (κ2) is 11.2. The highest BCUT2D eigenvalue weighted by Crippen LogP contribution is 2.50. The summed E-state index contributed by atoms with van der Waals surface area (Å²) in [5.74, 6) is 9.24. The Kier molecular flexibility index (Phi) is 9.22. The number of amides is 2. The van der Waals surface area contributed by atoms with Gasteiger partial charge in [0.15, 0.2) is 0 Å². The summed E-state index contributed by atoms with van der Waals surface area (Å²) in [7, 11) is -1.96. The third-order valence-corrected chi connectivity index (χ3v) is 10.1. The van der Waals surface area contributed by atoms with Crippen molar-refractivity contribution >= 4 is 32.8 Å². The molecule has 3 N–H and O–H groups in total. The van der Waals surface area contributed by atoms with Gasteiger partial charge in [0.2, 0.25) is 11.8 Å². The Morgan fingerprint density at radius 3 is 2.38 bits per heavy atom. The summed E-state index contributed by atoms with van der Waals surface area (Å²) >= 11 is 0. The highest BCUT2D eigenvalue weighted by Gasteiger charge is 2.43. The van der Waals surface area contributed by atoms with E-state index in [0.29, 0.717) is 39.2 Å². The fourth-order valence-electron chi connectivity index (χ4n) is 4.23. The van der Waals surface area contributed by atoms with Crippen molar-refractivity contribution in [2.45, 2.75) is 68.9 Å². The van der Waals surface area contributed by atoms with Crippen LogP contribution in [0.1, 0.15) is 59.3 Å². The Labute approximate surface area is 193 Å². The molecule has 1 heterocycles. The maximum atomic E-state index is 12.5. The van der Waals surface area contributed by atoms with Gasteiger partial charge in [0.05, 0.1) is 11.4 Å². The number of benzene rings is 1. The van der Waals surface area contributed by atoms with Gasteiger partial charge < -0.3 is 20.5 Å². The van der Waals surface area contributed by atoms with Crippen LogP contribution in [0.2, 0.25) is 0 Å². The zero-order valence-corrected chi connectivity index (χ0v) is 20.7. The van der Waals surface area contributed by atoms with Gasteiger partial charge in [0.25, 0.3) is 0 Å². The molecule has 180 valence electrons. The second-order valence-electron chi connectivity index (χ2n) is 8.95. The van der Waals surface area contributed by atoms with Crippen LogP contribution in [0.4, 0.5) is 0 Å². The molecule has 2 rings (SSSR count). The quantitative estimate of drug-likeness (QED) is 0.363. The lowest BCUT2D eigenvalue weighted by Crippen LogP contribution is -2.47. The maximum absolute atomic E-state index is 12.5. The summed E-state index contributed by atoms with van der Waals surface area (Å²) < 4.78 is 10.5. The molecule has 0 spiro atoms. The molecule has 32 heavy (non-hydrogen) atoms. The smallest absolute Gasteiger partial charge is 0.233 e. The molecule has 1 aliphatic heterocycles. The van der Waals surface area contributed by atoms with Gasteiger partial charge in [-0.25, -0.2) is 0 Å². The number of nitrogens with one attached hydrogen (secondary N) is 1. The number of nitrogens with two attached hydrogens (primary N) is 1. The molecule has 0 aliphatic carbocycles. The van der Waals surface area contributed by atoms with E-state index in [4.69, 9.17) is 15.2 Å². The van der Waals surface area contributed by atoms with Gasteiger partial charge in [-0.3, -0.25) is 9.59 Å². The zero-order chi connectivity index (χ0) is 23.8. The fourth-order valence-corrected chi connectivity index (χ4v) is 6.67. The van der Waals surface area contributed by atoms with Crippen molar-refractivity contribution < 1.29 is 19.1 Å². The van der Waals surface area contributed by atoms with Crippen LogP contribution in [0.15, 0.2) is 29.2 Å². The lowest BCUT2D eigenvalue weighted by atomic mass is 9.82. The Balaban J connectivity index is 1.90. The number of hydrogen-bond donors (Lipinski definition) is 2. The Hall–Kier alpha value is -1.99. The molecule has 2 amide bonds. The van der Waals surface area contributed by atoms with E-state index in [1.54, 1.807) is 0 Å². The zero-order valence-electron chi connectivity index (χ0n) is 19.9. The van der Waals surface area contributed by atoms with Gasteiger partial charge >= 0.3 is 0 Å². The maximum Gasteiger partial charge on any atom is 0.233 e. The topological polar surface area (TPSA) is 90.6 Å². The average molecular weight is 465 g/mol. The van der Waals surface area contributed by atoms with Crippen LogP contribution in [0, 0.1) is 5.41 Å². The van der Waals surface area contributed by atoms with Crippen LogP contribution in [-0.2, 0) is 14.3 Å². The van der Waals surface area contributed by atoms with E-state index >= 15 is 0 Å². The normalized spacial score (nSPS) is 17.8. The summed E-state index contributed by atoms with van der Waals surface area (Å²) in [6, 6.07) is 7.64. The summed E-state index contributed by atoms with van der Waals surface area (Å²) in [5.41, 5.74) is 5.52. The first-order chi connectivity index (χ1) is 15.1. The SMILES string of the molecule is C=S(=C)(c1ccc(OCCCNC(=O)C(C)(CC)CCC)cc1)C1(C(N)=O)CCOCC1. The van der Waals surface area contributed by atoms with Crippen LogP contribution in [0.3, 0.4) is 0 Å². The van der Waals surface area contributed by atoms with Crippen molar-refractivity contribution in [3.05, 3.63) is 24.3 Å². The first-order valence-corrected chi connectivity index (χ1v) is 13.5. The van der Waals surface area contributed by atoms with Crippen molar-refractivity contribution in [1.29, 1.82) is 0 Å². The standard InChI is InChI=1S/C25H40N2O4S/c1-6-13-24(3,7-2)23(29)27-16-8-17-31-20-9-11-21(12-10-20)32(4,5)25(22(26)28)14-18-30-19-15-25/h9-12H,4-8,13-19H2,1-3H3,(H2,26,28)(H,27,29). The van der Waals surface area contributed by atoms with E-state index in [2.05, 4.69) is 30.9 Å². The molecular formula is C25H40N2O4S. The molecule has 1 aromatic rings. The molecule has 0 saturated carbocycles. The molecule has 0 bridgehead atoms. The monoisotopic (exact) mass is 464 g/mol. The van der Waals surface area contributed by atoms with Crippen molar-refractivity contribution in [3.8, 4) is 5.75 Å². The second-order valence-corrected chi connectivity index (χ2v) is 12.0. The minimum absolute atomic E-state index is 0.118. The van der Waals surface area contributed by atoms with Crippen LogP contribution in [-0.4, -0.2) is 54.7 Å². The number of carbonyl (C=O) groups excluding carboxylic acids is 2. The Morgan fingerprint density at radius 1 is 1.22 bits per heavy atom. The third kappa shape index (κ3) is 5.67. The molecule has 0 aromatic heterocycles. The number of rotatable bonds is 12. The summed E-state index contributed by atoms with van der Waals surface area (Å²) in [5, 5.41) is 3.04. The van der Waals surface area contributed by atoms with Gasteiger partial charge in [0, 0.05) is 25.2 Å². The Morgan fingerprint density at radius 2 is 1.84 bits per heavy atom. The van der Waals surface area contributed by atoms with Crippen LogP contribution in [0.5, 0.6) is 5.75 Å². The van der Waals surface area contributed by atoms with Crippen LogP contribution < -0.4 is 15.8 Å². The van der Waals surface area contributed by atoms with Crippen molar-refractivity contribution in [2.75, 3.05) is 26.4 Å². The predicted octanol–water partition coefficient (Wildman–Crippen LogP) is 3.85. The van der Waals surface area contributed by atoms with E-state index in [-0.39, 0.29) is 17.2 Å². The van der Waals surface area contributed by atoms with Gasteiger partial charge in [-0.2, -0.15) is 9.21 Å². The first-order valence-electron chi connectivity index (χ1n) is 11.5. The summed E-state index contributed by atoms with van der Waals surface area (Å²) in [4.78, 5) is 25.8. The molecule has 1 fully saturated rings. The largest absolute Gasteiger partial charge is 0.494 e. The third-order valence-electron chi connectivity index (χ3n) is 6.78. The molecule has 6 nitrogen and oxygen atoms in total. The van der Waals surface area contributed by atoms with Gasteiger partial charge in [-0.05, 0) is 61.3 Å². The molecule has 1 aliphatic rings. The van der Waals surface area contributed by atoms with Gasteiger partial charge in [-0.1, -0.05) is 38.9 Å². The van der Waals surface area contributed by atoms with E-state index in [0.717, 1.165) is 36.3 Å². The minimum Gasteiger partial charge on any atom is -0.494 e. The lowest BCUT2D eigenvalue weighted by molar-refractivity contribution is -0.130. The number of primary amides is 1. The van der Waals surface area contributed by atoms with Gasteiger partial charge in [0.1, 0.15) is 5.75 Å². The van der Waals surface area contributed by atoms with E-state index in [9.17, 15) is 9.59 Å². The highest BCUT2D eigenvalue weighted by molar-refractivity contribution is 8.29. The summed E-state index contributed by atoms with van der Waals surface area (Å²) in [6.45, 7) is 8.28. The van der Waals surface area contributed by atoms with Crippen LogP contribution in [0.25, 0.3) is 0 Å². The summed E-state index contributed by atoms with van der Waals surface area (Å²) in [6.07, 6.45) is 4.54. The number of carbonyl (C=O) groups is 2. The molecule has 7 heteroatoms.